The summed E-state index contributed by atoms with van der Waals surface area (Å²) >= 11 is 0. The Morgan fingerprint density at radius 3 is 2.96 bits per heavy atom. The number of nitrogens with zero attached hydrogens (tertiary/aromatic N) is 2. The van der Waals surface area contributed by atoms with Gasteiger partial charge in [-0.15, -0.1) is 0 Å². The number of hydrogen-bond acceptors (Lipinski definition) is 4. The normalized spacial score (nSPS) is 17.6. The third kappa shape index (κ3) is 3.40. The lowest BCUT2D eigenvalue weighted by Crippen LogP contribution is -2.41. The van der Waals surface area contributed by atoms with Crippen LogP contribution in [0.1, 0.15) is 23.7 Å². The SMILES string of the molecule is C[C@H]1CNC(=O)CCN1C(=O)c1ccc2oc(-c3cccc(F)c3)nc2c1. The van der Waals surface area contributed by atoms with Crippen molar-refractivity contribution in [3.63, 3.8) is 0 Å². The van der Waals surface area contributed by atoms with Gasteiger partial charge < -0.3 is 14.6 Å². The Hall–Kier alpha value is -3.22. The van der Waals surface area contributed by atoms with E-state index in [1.165, 1.54) is 12.1 Å². The number of benzene rings is 2. The van der Waals surface area contributed by atoms with Crippen LogP contribution in [0.3, 0.4) is 0 Å². The molecule has 4 rings (SSSR count). The summed E-state index contributed by atoms with van der Waals surface area (Å²) in [5, 5.41) is 2.80. The molecule has 1 saturated heterocycles. The van der Waals surface area contributed by atoms with E-state index in [0.717, 1.165) is 0 Å². The Bertz CT molecular complexity index is 1030. The maximum Gasteiger partial charge on any atom is 0.254 e. The lowest BCUT2D eigenvalue weighted by molar-refractivity contribution is -0.120. The van der Waals surface area contributed by atoms with E-state index in [4.69, 9.17) is 4.42 Å². The monoisotopic (exact) mass is 367 g/mol. The van der Waals surface area contributed by atoms with Crippen molar-refractivity contribution in [1.29, 1.82) is 0 Å². The summed E-state index contributed by atoms with van der Waals surface area (Å²) in [6.07, 6.45) is 0.284. The van der Waals surface area contributed by atoms with Crippen molar-refractivity contribution in [2.45, 2.75) is 19.4 Å². The van der Waals surface area contributed by atoms with Gasteiger partial charge in [-0.1, -0.05) is 6.07 Å². The molecular weight excluding hydrogens is 349 g/mol. The number of hydrogen-bond donors (Lipinski definition) is 1. The molecule has 3 aromatic rings. The van der Waals surface area contributed by atoms with Crippen LogP contribution in [-0.2, 0) is 4.79 Å². The molecule has 0 radical (unpaired) electrons. The number of oxazole rings is 1. The molecule has 0 saturated carbocycles. The van der Waals surface area contributed by atoms with Gasteiger partial charge in [-0.3, -0.25) is 9.59 Å². The topological polar surface area (TPSA) is 75.4 Å². The Morgan fingerprint density at radius 2 is 2.15 bits per heavy atom. The number of nitrogens with one attached hydrogen (secondary N) is 1. The molecule has 1 aliphatic heterocycles. The largest absolute Gasteiger partial charge is 0.436 e. The first kappa shape index (κ1) is 17.2. The van der Waals surface area contributed by atoms with Crippen LogP contribution in [0.4, 0.5) is 4.39 Å². The van der Waals surface area contributed by atoms with Crippen LogP contribution in [0, 0.1) is 5.82 Å². The second kappa shape index (κ2) is 6.83. The number of carbonyl (C=O) groups excluding carboxylic acids is 2. The van der Waals surface area contributed by atoms with E-state index >= 15 is 0 Å². The van der Waals surface area contributed by atoms with Crippen molar-refractivity contribution in [2.75, 3.05) is 13.1 Å². The Morgan fingerprint density at radius 1 is 1.30 bits per heavy atom. The minimum Gasteiger partial charge on any atom is -0.436 e. The molecule has 138 valence electrons. The molecule has 1 atom stereocenters. The number of carbonyl (C=O) groups is 2. The van der Waals surface area contributed by atoms with Crippen molar-refractivity contribution < 1.29 is 18.4 Å². The summed E-state index contributed by atoms with van der Waals surface area (Å²) in [7, 11) is 0. The molecule has 2 aromatic carbocycles. The first-order valence-corrected chi connectivity index (χ1v) is 8.75. The van der Waals surface area contributed by atoms with Crippen molar-refractivity contribution in [2.24, 2.45) is 0 Å². The Labute approximate surface area is 155 Å². The quantitative estimate of drug-likeness (QED) is 0.756. The fourth-order valence-corrected chi connectivity index (χ4v) is 3.18. The third-order valence-electron chi connectivity index (χ3n) is 4.67. The van der Waals surface area contributed by atoms with Gasteiger partial charge in [-0.25, -0.2) is 9.37 Å². The maximum absolute atomic E-state index is 13.4. The predicted octanol–water partition coefficient (Wildman–Crippen LogP) is 2.98. The van der Waals surface area contributed by atoms with Gasteiger partial charge in [0.05, 0.1) is 0 Å². The molecule has 0 unspecified atom stereocenters. The van der Waals surface area contributed by atoms with Gasteiger partial charge in [0.25, 0.3) is 5.91 Å². The molecule has 1 aliphatic rings. The third-order valence-corrected chi connectivity index (χ3v) is 4.67. The molecule has 1 N–H and O–H groups in total. The number of amides is 2. The Kier molecular flexibility index (Phi) is 4.35. The molecule has 1 fully saturated rings. The average Bonchev–Trinajstić information content (AvgIpc) is 3.02. The molecule has 0 aliphatic carbocycles. The van der Waals surface area contributed by atoms with Gasteiger partial charge in [0.2, 0.25) is 11.8 Å². The molecular formula is C20H18FN3O3. The van der Waals surface area contributed by atoms with Crippen molar-refractivity contribution in [3.05, 3.63) is 53.8 Å². The summed E-state index contributed by atoms with van der Waals surface area (Å²) in [5.41, 5.74) is 2.05. The van der Waals surface area contributed by atoms with Gasteiger partial charge in [0, 0.05) is 36.7 Å². The molecule has 27 heavy (non-hydrogen) atoms. The molecule has 7 heteroatoms. The van der Waals surface area contributed by atoms with Crippen LogP contribution in [0.2, 0.25) is 0 Å². The Balaban J connectivity index is 1.65. The van der Waals surface area contributed by atoms with E-state index in [0.29, 0.717) is 41.2 Å². The molecule has 6 nitrogen and oxygen atoms in total. The van der Waals surface area contributed by atoms with Crippen LogP contribution >= 0.6 is 0 Å². The van der Waals surface area contributed by atoms with E-state index in [2.05, 4.69) is 10.3 Å². The minimum absolute atomic E-state index is 0.0520. The van der Waals surface area contributed by atoms with E-state index in [9.17, 15) is 14.0 Å². The molecule has 0 bridgehead atoms. The fourth-order valence-electron chi connectivity index (χ4n) is 3.18. The summed E-state index contributed by atoms with van der Waals surface area (Å²) < 4.78 is 19.1. The van der Waals surface area contributed by atoms with Crippen LogP contribution < -0.4 is 5.32 Å². The summed E-state index contributed by atoms with van der Waals surface area (Å²) in [6.45, 7) is 2.71. The van der Waals surface area contributed by atoms with E-state index < -0.39 is 0 Å². The van der Waals surface area contributed by atoms with Crippen molar-refractivity contribution in [3.8, 4) is 11.5 Å². The standard InChI is InChI=1S/C20H18FN3O3/c1-12-11-22-18(25)7-8-24(12)20(26)14-5-6-17-16(10-14)23-19(27-17)13-3-2-4-15(21)9-13/h2-6,9-10,12H,7-8,11H2,1H3,(H,22,25)/t12-/m0/s1. The molecule has 2 heterocycles. The van der Waals surface area contributed by atoms with Crippen LogP contribution in [0.25, 0.3) is 22.6 Å². The van der Waals surface area contributed by atoms with E-state index in [-0.39, 0.29) is 30.1 Å². The molecule has 2 amide bonds. The molecule has 0 spiro atoms. The van der Waals surface area contributed by atoms with Gasteiger partial charge in [-0.2, -0.15) is 0 Å². The van der Waals surface area contributed by atoms with Crippen LogP contribution in [-0.4, -0.2) is 40.8 Å². The highest BCUT2D eigenvalue weighted by Gasteiger charge is 2.26. The van der Waals surface area contributed by atoms with E-state index in [1.54, 1.807) is 35.2 Å². The summed E-state index contributed by atoms with van der Waals surface area (Å²) in [4.78, 5) is 30.6. The number of aromatic nitrogens is 1. The van der Waals surface area contributed by atoms with Gasteiger partial charge in [0.15, 0.2) is 5.58 Å². The van der Waals surface area contributed by atoms with Crippen molar-refractivity contribution in [1.82, 2.24) is 15.2 Å². The van der Waals surface area contributed by atoms with Crippen LogP contribution in [0.5, 0.6) is 0 Å². The zero-order chi connectivity index (χ0) is 19.0. The van der Waals surface area contributed by atoms with Gasteiger partial charge in [-0.05, 0) is 43.3 Å². The average molecular weight is 367 g/mol. The zero-order valence-corrected chi connectivity index (χ0v) is 14.7. The first-order valence-electron chi connectivity index (χ1n) is 8.75. The van der Waals surface area contributed by atoms with E-state index in [1.807, 2.05) is 6.92 Å². The zero-order valence-electron chi connectivity index (χ0n) is 14.7. The van der Waals surface area contributed by atoms with Gasteiger partial charge in [0.1, 0.15) is 11.3 Å². The lowest BCUT2D eigenvalue weighted by atomic mass is 10.1. The first-order chi connectivity index (χ1) is 13.0. The molecule has 1 aromatic heterocycles. The predicted molar refractivity (Wildman–Crippen MR) is 97.5 cm³/mol. The highest BCUT2D eigenvalue weighted by Crippen LogP contribution is 2.26. The minimum atomic E-state index is -0.371. The number of fused-ring (bicyclic) bond motifs is 1. The lowest BCUT2D eigenvalue weighted by Gasteiger charge is -2.26. The number of halogens is 1. The summed E-state index contributed by atoms with van der Waals surface area (Å²) in [5.74, 6) is -0.281. The highest BCUT2D eigenvalue weighted by atomic mass is 19.1. The van der Waals surface area contributed by atoms with Crippen LogP contribution in [0.15, 0.2) is 46.9 Å². The smallest absolute Gasteiger partial charge is 0.254 e. The van der Waals surface area contributed by atoms with Gasteiger partial charge >= 0.3 is 0 Å². The highest BCUT2D eigenvalue weighted by molar-refractivity contribution is 5.98. The fraction of sp³-hybridized carbons (Fsp3) is 0.250. The van der Waals surface area contributed by atoms with Crippen molar-refractivity contribution >= 4 is 22.9 Å². The number of rotatable bonds is 2. The summed E-state index contributed by atoms with van der Waals surface area (Å²) in [6, 6.07) is 10.9. The second-order valence-corrected chi connectivity index (χ2v) is 6.61. The maximum atomic E-state index is 13.4. The second-order valence-electron chi connectivity index (χ2n) is 6.61.